The second kappa shape index (κ2) is 6.70. The molecule has 2 heterocycles. The van der Waals surface area contributed by atoms with E-state index in [1.165, 1.54) is 9.58 Å². The predicted octanol–water partition coefficient (Wildman–Crippen LogP) is 3.30. The number of hydrogen-bond donors (Lipinski definition) is 0. The van der Waals surface area contributed by atoms with Crippen molar-refractivity contribution in [2.75, 3.05) is 13.1 Å². The molecule has 0 aliphatic carbocycles. The maximum atomic E-state index is 12.8. The Morgan fingerprint density at radius 1 is 1.42 bits per heavy atom. The molecular formula is C14H20F2N4O4. The van der Waals surface area contributed by atoms with E-state index in [-0.39, 0.29) is 6.04 Å². The van der Waals surface area contributed by atoms with Crippen LogP contribution in [0.3, 0.4) is 0 Å². The van der Waals surface area contributed by atoms with Crippen molar-refractivity contribution in [3.8, 4) is 0 Å². The molecular weight excluding hydrogens is 326 g/mol. The van der Waals surface area contributed by atoms with Gasteiger partial charge in [0.1, 0.15) is 11.8 Å². The van der Waals surface area contributed by atoms with E-state index in [1.807, 2.05) is 0 Å². The van der Waals surface area contributed by atoms with Crippen molar-refractivity contribution in [2.45, 2.75) is 51.7 Å². The summed E-state index contributed by atoms with van der Waals surface area (Å²) < 4.78 is 32.2. The Kier molecular flexibility index (Phi) is 5.05. The highest BCUT2D eigenvalue weighted by Gasteiger charge is 2.32. The Morgan fingerprint density at radius 3 is 2.42 bits per heavy atom. The molecule has 2 rings (SSSR count). The van der Waals surface area contributed by atoms with Crippen LogP contribution < -0.4 is 0 Å². The maximum Gasteiger partial charge on any atom is 0.410 e. The number of amides is 1. The molecule has 0 saturated carbocycles. The number of alkyl halides is 2. The average Bonchev–Trinajstić information content (AvgIpc) is 2.91. The van der Waals surface area contributed by atoms with Crippen molar-refractivity contribution in [3.63, 3.8) is 0 Å². The van der Waals surface area contributed by atoms with Gasteiger partial charge in [-0.05, 0) is 33.6 Å². The van der Waals surface area contributed by atoms with Crippen LogP contribution >= 0.6 is 0 Å². The van der Waals surface area contributed by atoms with Gasteiger partial charge >= 0.3 is 11.8 Å². The van der Waals surface area contributed by atoms with Crippen LogP contribution in [0.2, 0.25) is 0 Å². The lowest BCUT2D eigenvalue weighted by Crippen LogP contribution is -2.42. The summed E-state index contributed by atoms with van der Waals surface area (Å²) in [6.45, 7) is 6.06. The van der Waals surface area contributed by atoms with Gasteiger partial charge in [-0.25, -0.2) is 13.6 Å². The summed E-state index contributed by atoms with van der Waals surface area (Å²) in [5, 5.41) is 14.5. The minimum Gasteiger partial charge on any atom is -0.444 e. The van der Waals surface area contributed by atoms with Crippen LogP contribution in [-0.2, 0) is 4.74 Å². The number of nitrogens with zero attached hydrogens (tertiary/aromatic N) is 4. The van der Waals surface area contributed by atoms with E-state index in [9.17, 15) is 23.7 Å². The minimum absolute atomic E-state index is 0.269. The molecule has 0 N–H and O–H groups in total. The molecule has 1 aliphatic rings. The molecule has 1 amide bonds. The fourth-order valence-corrected chi connectivity index (χ4v) is 2.52. The summed E-state index contributed by atoms with van der Waals surface area (Å²) in [7, 11) is 0. The SMILES string of the molecule is CC(C)(C)OC(=O)N1CCC(n2cc([N+](=O)[O-])c(C(F)F)n2)CC1. The number of halogens is 2. The smallest absolute Gasteiger partial charge is 0.410 e. The number of carbonyl (C=O) groups excluding carboxylic acids is 1. The zero-order chi connectivity index (χ0) is 18.1. The van der Waals surface area contributed by atoms with E-state index in [4.69, 9.17) is 4.74 Å². The highest BCUT2D eigenvalue weighted by molar-refractivity contribution is 5.68. The quantitative estimate of drug-likeness (QED) is 0.619. The van der Waals surface area contributed by atoms with Gasteiger partial charge in [0.25, 0.3) is 6.43 Å². The van der Waals surface area contributed by atoms with Crippen LogP contribution in [0.4, 0.5) is 19.3 Å². The van der Waals surface area contributed by atoms with Crippen LogP contribution in [0, 0.1) is 10.1 Å². The zero-order valence-electron chi connectivity index (χ0n) is 13.7. The molecule has 1 aliphatic heterocycles. The second-order valence-corrected chi connectivity index (χ2v) is 6.64. The lowest BCUT2D eigenvalue weighted by molar-refractivity contribution is -0.386. The molecule has 8 nitrogen and oxygen atoms in total. The van der Waals surface area contributed by atoms with E-state index < -0.39 is 34.4 Å². The van der Waals surface area contributed by atoms with Crippen molar-refractivity contribution in [3.05, 3.63) is 22.0 Å². The molecule has 0 bridgehead atoms. The van der Waals surface area contributed by atoms with Gasteiger partial charge < -0.3 is 9.64 Å². The number of ether oxygens (including phenoxy) is 1. The first-order valence-electron chi connectivity index (χ1n) is 7.58. The lowest BCUT2D eigenvalue weighted by atomic mass is 10.1. The van der Waals surface area contributed by atoms with Crippen molar-refractivity contribution in [2.24, 2.45) is 0 Å². The molecule has 1 aromatic heterocycles. The lowest BCUT2D eigenvalue weighted by Gasteiger charge is -2.33. The summed E-state index contributed by atoms with van der Waals surface area (Å²) in [5.41, 5.74) is -2.10. The fourth-order valence-electron chi connectivity index (χ4n) is 2.52. The number of likely N-dealkylation sites (tertiary alicyclic amines) is 1. The maximum absolute atomic E-state index is 12.8. The molecule has 0 spiro atoms. The van der Waals surface area contributed by atoms with Gasteiger partial charge in [0.2, 0.25) is 5.69 Å². The van der Waals surface area contributed by atoms with E-state index in [1.54, 1.807) is 20.8 Å². The number of carbonyl (C=O) groups is 1. The summed E-state index contributed by atoms with van der Waals surface area (Å²) in [6.07, 6.45) is -1.48. The van der Waals surface area contributed by atoms with Crippen LogP contribution in [-0.4, -0.2) is 44.4 Å². The Bertz CT molecular complexity index is 619. The molecule has 1 fully saturated rings. The van der Waals surface area contributed by atoms with E-state index >= 15 is 0 Å². The third kappa shape index (κ3) is 4.18. The number of piperidine rings is 1. The van der Waals surface area contributed by atoms with Gasteiger partial charge in [-0.15, -0.1) is 0 Å². The van der Waals surface area contributed by atoms with Crippen molar-refractivity contribution in [1.29, 1.82) is 0 Å². The van der Waals surface area contributed by atoms with E-state index in [0.29, 0.717) is 25.9 Å². The van der Waals surface area contributed by atoms with Gasteiger partial charge in [-0.1, -0.05) is 0 Å². The predicted molar refractivity (Wildman–Crippen MR) is 79.9 cm³/mol. The Hall–Kier alpha value is -2.26. The number of aromatic nitrogens is 2. The van der Waals surface area contributed by atoms with Crippen LogP contribution in [0.1, 0.15) is 51.8 Å². The number of rotatable bonds is 3. The van der Waals surface area contributed by atoms with Gasteiger partial charge in [-0.2, -0.15) is 5.10 Å². The number of nitro groups is 1. The average molecular weight is 346 g/mol. The molecule has 24 heavy (non-hydrogen) atoms. The first-order valence-corrected chi connectivity index (χ1v) is 7.58. The monoisotopic (exact) mass is 346 g/mol. The summed E-state index contributed by atoms with van der Waals surface area (Å²) in [4.78, 5) is 23.5. The topological polar surface area (TPSA) is 90.5 Å². The molecule has 1 aromatic rings. The molecule has 0 unspecified atom stereocenters. The molecule has 10 heteroatoms. The first kappa shape index (κ1) is 18.1. The Morgan fingerprint density at radius 2 is 2.00 bits per heavy atom. The molecule has 0 radical (unpaired) electrons. The third-order valence-electron chi connectivity index (χ3n) is 3.63. The molecule has 0 aromatic carbocycles. The highest BCUT2D eigenvalue weighted by Crippen LogP contribution is 2.31. The van der Waals surface area contributed by atoms with Crippen molar-refractivity contribution < 1.29 is 23.2 Å². The summed E-state index contributed by atoms with van der Waals surface area (Å²) in [5.74, 6) is 0. The first-order chi connectivity index (χ1) is 11.1. The highest BCUT2D eigenvalue weighted by atomic mass is 19.3. The minimum atomic E-state index is -3.01. The van der Waals surface area contributed by atoms with Crippen LogP contribution in [0.5, 0.6) is 0 Å². The van der Waals surface area contributed by atoms with Crippen molar-refractivity contribution >= 4 is 11.8 Å². The van der Waals surface area contributed by atoms with Crippen molar-refractivity contribution in [1.82, 2.24) is 14.7 Å². The van der Waals surface area contributed by atoms with Crippen LogP contribution in [0.15, 0.2) is 6.20 Å². The summed E-state index contributed by atoms with van der Waals surface area (Å²) in [6, 6.07) is -0.269. The standard InChI is InChI=1S/C14H20F2N4O4/c1-14(2,3)24-13(21)18-6-4-9(5-7-18)19-8-10(20(22)23)11(17-19)12(15)16/h8-9,12H,4-7H2,1-3H3. The normalized spacial score (nSPS) is 16.5. The Balaban J connectivity index is 2.03. The largest absolute Gasteiger partial charge is 0.444 e. The van der Waals surface area contributed by atoms with Gasteiger partial charge in [-0.3, -0.25) is 14.8 Å². The second-order valence-electron chi connectivity index (χ2n) is 6.64. The number of hydrogen-bond acceptors (Lipinski definition) is 5. The molecule has 1 saturated heterocycles. The Labute approximate surface area is 137 Å². The van der Waals surface area contributed by atoms with E-state index in [0.717, 1.165) is 6.20 Å². The van der Waals surface area contributed by atoms with Gasteiger partial charge in [0.15, 0.2) is 0 Å². The third-order valence-corrected chi connectivity index (χ3v) is 3.63. The van der Waals surface area contributed by atoms with Gasteiger partial charge in [0, 0.05) is 13.1 Å². The van der Waals surface area contributed by atoms with Gasteiger partial charge in [0.05, 0.1) is 11.0 Å². The molecule has 0 atom stereocenters. The molecule has 134 valence electrons. The van der Waals surface area contributed by atoms with Crippen LogP contribution in [0.25, 0.3) is 0 Å². The zero-order valence-corrected chi connectivity index (χ0v) is 13.7. The van der Waals surface area contributed by atoms with E-state index in [2.05, 4.69) is 5.10 Å². The summed E-state index contributed by atoms with van der Waals surface area (Å²) >= 11 is 0. The fraction of sp³-hybridized carbons (Fsp3) is 0.714.